The van der Waals surface area contributed by atoms with E-state index in [-0.39, 0.29) is 4.90 Å². The number of benzene rings is 1. The number of hydrogen-bond donors (Lipinski definition) is 0. The first-order valence-electron chi connectivity index (χ1n) is 3.55. The Morgan fingerprint density at radius 3 is 2.54 bits per heavy atom. The van der Waals surface area contributed by atoms with Gasteiger partial charge < -0.3 is 0 Å². The smallest absolute Gasteiger partial charge is 0.207 e. The molecule has 0 saturated heterocycles. The van der Waals surface area contributed by atoms with Crippen LogP contribution >= 0.6 is 26.6 Å². The monoisotopic (exact) mass is 282 g/mol. The SMILES string of the molecule is Cc1ccc(S(=O)(=O)Cl)cc1CBr. The summed E-state index contributed by atoms with van der Waals surface area (Å²) in [6, 6.07) is 4.82. The molecule has 72 valence electrons. The zero-order valence-electron chi connectivity index (χ0n) is 6.92. The van der Waals surface area contributed by atoms with Crippen LogP contribution in [0.25, 0.3) is 0 Å². The second-order valence-corrected chi connectivity index (χ2v) is 5.79. The number of alkyl halides is 1. The minimum absolute atomic E-state index is 0.147. The quantitative estimate of drug-likeness (QED) is 0.618. The lowest BCUT2D eigenvalue weighted by Gasteiger charge is -2.03. The van der Waals surface area contributed by atoms with Crippen molar-refractivity contribution < 1.29 is 8.42 Å². The Balaban J connectivity index is 3.30. The van der Waals surface area contributed by atoms with Crippen LogP contribution in [0.1, 0.15) is 11.1 Å². The van der Waals surface area contributed by atoms with Crippen LogP contribution in [0, 0.1) is 6.92 Å². The van der Waals surface area contributed by atoms with Crippen molar-refractivity contribution in [2.45, 2.75) is 17.1 Å². The van der Waals surface area contributed by atoms with E-state index < -0.39 is 9.05 Å². The van der Waals surface area contributed by atoms with Gasteiger partial charge in [-0.2, -0.15) is 0 Å². The summed E-state index contributed by atoms with van der Waals surface area (Å²) < 4.78 is 21.9. The Morgan fingerprint density at radius 2 is 2.08 bits per heavy atom. The molecule has 0 atom stereocenters. The van der Waals surface area contributed by atoms with E-state index in [0.29, 0.717) is 5.33 Å². The van der Waals surface area contributed by atoms with Gasteiger partial charge in [0.2, 0.25) is 0 Å². The summed E-state index contributed by atoms with van der Waals surface area (Å²) in [4.78, 5) is 0.147. The molecule has 5 heteroatoms. The molecule has 0 fully saturated rings. The van der Waals surface area contributed by atoms with Crippen molar-refractivity contribution in [2.24, 2.45) is 0 Å². The van der Waals surface area contributed by atoms with Crippen LogP contribution in [0.15, 0.2) is 23.1 Å². The summed E-state index contributed by atoms with van der Waals surface area (Å²) in [5.41, 5.74) is 1.97. The lowest BCUT2D eigenvalue weighted by molar-refractivity contribution is 0.609. The topological polar surface area (TPSA) is 34.1 Å². The molecule has 1 aromatic carbocycles. The van der Waals surface area contributed by atoms with E-state index in [1.165, 1.54) is 6.07 Å². The van der Waals surface area contributed by atoms with Crippen molar-refractivity contribution in [2.75, 3.05) is 0 Å². The molecule has 0 saturated carbocycles. The van der Waals surface area contributed by atoms with Crippen molar-refractivity contribution in [1.82, 2.24) is 0 Å². The molecule has 0 radical (unpaired) electrons. The zero-order valence-corrected chi connectivity index (χ0v) is 10.1. The molecule has 1 aromatic rings. The maximum Gasteiger partial charge on any atom is 0.261 e. The molecular weight excluding hydrogens is 276 g/mol. The van der Waals surface area contributed by atoms with Crippen molar-refractivity contribution in [3.05, 3.63) is 29.3 Å². The van der Waals surface area contributed by atoms with Gasteiger partial charge in [0.1, 0.15) is 0 Å². The lowest BCUT2D eigenvalue weighted by Crippen LogP contribution is -1.93. The Kier molecular flexibility index (Phi) is 3.38. The molecule has 0 aliphatic rings. The largest absolute Gasteiger partial charge is 0.261 e. The molecule has 0 spiro atoms. The maximum absolute atomic E-state index is 11.0. The van der Waals surface area contributed by atoms with E-state index in [0.717, 1.165) is 11.1 Å². The van der Waals surface area contributed by atoms with E-state index >= 15 is 0 Å². The Bertz CT molecular complexity index is 414. The molecule has 1 rings (SSSR count). The summed E-state index contributed by atoms with van der Waals surface area (Å²) in [6.45, 7) is 1.92. The third-order valence-corrected chi connectivity index (χ3v) is 3.70. The molecule has 0 N–H and O–H groups in total. The minimum atomic E-state index is -3.60. The summed E-state index contributed by atoms with van der Waals surface area (Å²) in [5, 5.41) is 0.624. The van der Waals surface area contributed by atoms with Crippen molar-refractivity contribution in [3.8, 4) is 0 Å². The van der Waals surface area contributed by atoms with Crippen molar-refractivity contribution in [1.29, 1.82) is 0 Å². The molecule has 0 amide bonds. The first-order chi connectivity index (χ1) is 5.95. The highest BCUT2D eigenvalue weighted by atomic mass is 79.9. The van der Waals surface area contributed by atoms with Crippen LogP contribution in [0.2, 0.25) is 0 Å². The molecule has 0 heterocycles. The predicted molar refractivity (Wildman–Crippen MR) is 56.8 cm³/mol. The molecule has 0 aromatic heterocycles. The highest BCUT2D eigenvalue weighted by Crippen LogP contribution is 2.20. The van der Waals surface area contributed by atoms with Gasteiger partial charge in [-0.3, -0.25) is 0 Å². The van der Waals surface area contributed by atoms with E-state index in [4.69, 9.17) is 10.7 Å². The van der Waals surface area contributed by atoms with Crippen LogP contribution in [0.3, 0.4) is 0 Å². The maximum atomic E-state index is 11.0. The van der Waals surface area contributed by atoms with Gasteiger partial charge in [0.05, 0.1) is 4.90 Å². The summed E-state index contributed by atoms with van der Waals surface area (Å²) >= 11 is 3.27. The summed E-state index contributed by atoms with van der Waals surface area (Å²) in [5.74, 6) is 0. The van der Waals surface area contributed by atoms with Crippen LogP contribution in [0.5, 0.6) is 0 Å². The fourth-order valence-corrected chi connectivity index (χ4v) is 2.35. The molecule has 0 aliphatic carbocycles. The zero-order chi connectivity index (χ0) is 10.1. The van der Waals surface area contributed by atoms with E-state index in [1.54, 1.807) is 12.1 Å². The number of aryl methyl sites for hydroxylation is 1. The molecule has 2 nitrogen and oxygen atoms in total. The fourth-order valence-electron chi connectivity index (χ4n) is 0.943. The lowest BCUT2D eigenvalue weighted by atomic mass is 10.1. The predicted octanol–water partition coefficient (Wildman–Crippen LogP) is 2.82. The molecule has 0 unspecified atom stereocenters. The van der Waals surface area contributed by atoms with Gasteiger partial charge in [-0.1, -0.05) is 22.0 Å². The van der Waals surface area contributed by atoms with Gasteiger partial charge in [-0.15, -0.1) is 0 Å². The highest BCUT2D eigenvalue weighted by molar-refractivity contribution is 9.08. The van der Waals surface area contributed by atoms with Gasteiger partial charge >= 0.3 is 0 Å². The Labute approximate surface area is 90.5 Å². The molecular formula is C8H8BrClO2S. The normalized spacial score (nSPS) is 11.6. The third kappa shape index (κ3) is 2.69. The molecule has 13 heavy (non-hydrogen) atoms. The van der Waals surface area contributed by atoms with Crippen molar-refractivity contribution >= 4 is 35.7 Å². The van der Waals surface area contributed by atoms with Crippen LogP contribution in [-0.2, 0) is 14.4 Å². The van der Waals surface area contributed by atoms with Crippen molar-refractivity contribution in [3.63, 3.8) is 0 Å². The average molecular weight is 284 g/mol. The molecule has 0 bridgehead atoms. The summed E-state index contributed by atoms with van der Waals surface area (Å²) in [7, 11) is 1.60. The number of halogens is 2. The third-order valence-electron chi connectivity index (χ3n) is 1.75. The van der Waals surface area contributed by atoms with Crippen LogP contribution in [0.4, 0.5) is 0 Å². The Hall–Kier alpha value is -0.0600. The average Bonchev–Trinajstić information content (AvgIpc) is 2.03. The summed E-state index contributed by atoms with van der Waals surface area (Å²) in [6.07, 6.45) is 0. The fraction of sp³-hybridized carbons (Fsp3) is 0.250. The second kappa shape index (κ2) is 3.98. The minimum Gasteiger partial charge on any atom is -0.207 e. The standard InChI is InChI=1S/C8H8BrClO2S/c1-6-2-3-8(13(10,11)12)4-7(6)5-9/h2-4H,5H2,1H3. The van der Waals surface area contributed by atoms with Gasteiger partial charge in [-0.05, 0) is 30.2 Å². The first kappa shape index (κ1) is 11.0. The van der Waals surface area contributed by atoms with E-state index in [2.05, 4.69) is 15.9 Å². The number of rotatable bonds is 2. The van der Waals surface area contributed by atoms with E-state index in [9.17, 15) is 8.42 Å². The Morgan fingerprint density at radius 1 is 1.46 bits per heavy atom. The molecule has 0 aliphatic heterocycles. The van der Waals surface area contributed by atoms with Crippen LogP contribution in [-0.4, -0.2) is 8.42 Å². The first-order valence-corrected chi connectivity index (χ1v) is 6.98. The van der Waals surface area contributed by atoms with Gasteiger partial charge in [0.15, 0.2) is 0 Å². The van der Waals surface area contributed by atoms with Crippen LogP contribution < -0.4 is 0 Å². The second-order valence-electron chi connectivity index (χ2n) is 2.66. The van der Waals surface area contributed by atoms with Gasteiger partial charge in [0, 0.05) is 16.0 Å². The number of hydrogen-bond acceptors (Lipinski definition) is 2. The van der Waals surface area contributed by atoms with Gasteiger partial charge in [0.25, 0.3) is 9.05 Å². The van der Waals surface area contributed by atoms with E-state index in [1.807, 2.05) is 6.92 Å². The highest BCUT2D eigenvalue weighted by Gasteiger charge is 2.10. The van der Waals surface area contributed by atoms with Gasteiger partial charge in [-0.25, -0.2) is 8.42 Å².